The van der Waals surface area contributed by atoms with E-state index in [2.05, 4.69) is 24.1 Å². The second kappa shape index (κ2) is 9.90. The molecule has 0 aromatic heterocycles. The number of unbranched alkanes of at least 4 members (excludes halogenated alkanes) is 5. The minimum Gasteiger partial charge on any atom is -0.315 e. The molecule has 0 amide bonds. The zero-order chi connectivity index (χ0) is 12.3. The van der Waals surface area contributed by atoms with Crippen LogP contribution in [0.2, 0.25) is 0 Å². The molecule has 1 rings (SSSR count). The van der Waals surface area contributed by atoms with E-state index in [1.165, 1.54) is 77.5 Å². The zero-order valence-electron chi connectivity index (χ0n) is 12.0. The van der Waals surface area contributed by atoms with Gasteiger partial charge in [-0.3, -0.25) is 4.90 Å². The fourth-order valence-corrected chi connectivity index (χ4v) is 2.81. The van der Waals surface area contributed by atoms with Crippen molar-refractivity contribution in [1.29, 1.82) is 0 Å². The minimum absolute atomic E-state index is 0.825. The molecule has 0 aromatic carbocycles. The monoisotopic (exact) mass is 240 g/mol. The summed E-state index contributed by atoms with van der Waals surface area (Å²) in [5.74, 6) is 0. The summed E-state index contributed by atoms with van der Waals surface area (Å²) < 4.78 is 0. The van der Waals surface area contributed by atoms with Crippen LogP contribution in [0, 0.1) is 0 Å². The van der Waals surface area contributed by atoms with Crippen molar-refractivity contribution in [3.8, 4) is 0 Å². The maximum atomic E-state index is 3.49. The van der Waals surface area contributed by atoms with Gasteiger partial charge in [-0.05, 0) is 38.9 Å². The fraction of sp³-hybridized carbons (Fsp3) is 1.00. The SMILES string of the molecule is CCCCCCCCN(CCC)C1CCNC1. The van der Waals surface area contributed by atoms with Crippen molar-refractivity contribution >= 4 is 0 Å². The molecule has 1 aliphatic heterocycles. The molecule has 2 heteroatoms. The highest BCUT2D eigenvalue weighted by atomic mass is 15.2. The van der Waals surface area contributed by atoms with E-state index in [0.29, 0.717) is 0 Å². The highest BCUT2D eigenvalue weighted by Gasteiger charge is 2.20. The number of hydrogen-bond donors (Lipinski definition) is 1. The van der Waals surface area contributed by atoms with E-state index in [1.54, 1.807) is 0 Å². The summed E-state index contributed by atoms with van der Waals surface area (Å²) in [6, 6.07) is 0.825. The van der Waals surface area contributed by atoms with Gasteiger partial charge in [-0.15, -0.1) is 0 Å². The van der Waals surface area contributed by atoms with Gasteiger partial charge in [0, 0.05) is 12.6 Å². The highest BCUT2D eigenvalue weighted by molar-refractivity contribution is 4.80. The van der Waals surface area contributed by atoms with Crippen molar-refractivity contribution in [3.05, 3.63) is 0 Å². The molecule has 1 unspecified atom stereocenters. The van der Waals surface area contributed by atoms with Crippen LogP contribution in [0.3, 0.4) is 0 Å². The normalized spacial score (nSPS) is 20.3. The summed E-state index contributed by atoms with van der Waals surface area (Å²) in [4.78, 5) is 2.72. The van der Waals surface area contributed by atoms with E-state index in [4.69, 9.17) is 0 Å². The molecule has 1 fully saturated rings. The van der Waals surface area contributed by atoms with Crippen LogP contribution in [0.25, 0.3) is 0 Å². The Bertz CT molecular complexity index is 164. The van der Waals surface area contributed by atoms with E-state index in [1.807, 2.05) is 0 Å². The van der Waals surface area contributed by atoms with Gasteiger partial charge in [0.1, 0.15) is 0 Å². The van der Waals surface area contributed by atoms with Gasteiger partial charge in [0.15, 0.2) is 0 Å². The van der Waals surface area contributed by atoms with E-state index in [-0.39, 0.29) is 0 Å². The molecule has 17 heavy (non-hydrogen) atoms. The molecule has 0 aromatic rings. The first-order chi connectivity index (χ1) is 8.38. The maximum absolute atomic E-state index is 3.49. The summed E-state index contributed by atoms with van der Waals surface area (Å²) in [6.07, 6.45) is 11.1. The van der Waals surface area contributed by atoms with Crippen molar-refractivity contribution in [3.63, 3.8) is 0 Å². The van der Waals surface area contributed by atoms with Crippen LogP contribution in [-0.2, 0) is 0 Å². The van der Waals surface area contributed by atoms with Crippen molar-refractivity contribution in [2.75, 3.05) is 26.2 Å². The molecule has 1 heterocycles. The van der Waals surface area contributed by atoms with Crippen molar-refractivity contribution in [2.24, 2.45) is 0 Å². The largest absolute Gasteiger partial charge is 0.315 e. The molecule has 0 aliphatic carbocycles. The Kier molecular flexibility index (Phi) is 8.72. The van der Waals surface area contributed by atoms with Crippen LogP contribution in [0.1, 0.15) is 65.2 Å². The van der Waals surface area contributed by atoms with Gasteiger partial charge in [0.2, 0.25) is 0 Å². The second-order valence-electron chi connectivity index (χ2n) is 5.45. The van der Waals surface area contributed by atoms with Crippen LogP contribution in [0.4, 0.5) is 0 Å². The lowest BCUT2D eigenvalue weighted by Gasteiger charge is -2.27. The second-order valence-corrected chi connectivity index (χ2v) is 5.45. The van der Waals surface area contributed by atoms with Crippen LogP contribution in [0.15, 0.2) is 0 Å². The standard InChI is InChI=1S/C15H32N2/c1-3-5-6-7-8-9-13-17(12-4-2)15-10-11-16-14-15/h15-16H,3-14H2,1-2H3. The maximum Gasteiger partial charge on any atom is 0.0232 e. The lowest BCUT2D eigenvalue weighted by atomic mass is 10.1. The summed E-state index contributed by atoms with van der Waals surface area (Å²) in [6.45, 7) is 9.65. The lowest BCUT2D eigenvalue weighted by Crippen LogP contribution is -2.38. The highest BCUT2D eigenvalue weighted by Crippen LogP contribution is 2.12. The topological polar surface area (TPSA) is 15.3 Å². The van der Waals surface area contributed by atoms with E-state index < -0.39 is 0 Å². The van der Waals surface area contributed by atoms with E-state index in [0.717, 1.165) is 6.04 Å². The smallest absolute Gasteiger partial charge is 0.0232 e. The number of nitrogens with one attached hydrogen (secondary N) is 1. The molecular formula is C15H32N2. The molecule has 0 saturated carbocycles. The van der Waals surface area contributed by atoms with Gasteiger partial charge in [0.05, 0.1) is 0 Å². The summed E-state index contributed by atoms with van der Waals surface area (Å²) in [5, 5.41) is 3.49. The van der Waals surface area contributed by atoms with Gasteiger partial charge >= 0.3 is 0 Å². The van der Waals surface area contributed by atoms with Crippen molar-refractivity contribution in [1.82, 2.24) is 10.2 Å². The van der Waals surface area contributed by atoms with Crippen LogP contribution < -0.4 is 5.32 Å². The molecule has 1 atom stereocenters. The van der Waals surface area contributed by atoms with Gasteiger partial charge < -0.3 is 5.32 Å². The molecule has 102 valence electrons. The Morgan fingerprint density at radius 1 is 0.941 bits per heavy atom. The Hall–Kier alpha value is -0.0800. The number of rotatable bonds is 10. The third-order valence-electron chi connectivity index (χ3n) is 3.86. The summed E-state index contributed by atoms with van der Waals surface area (Å²) in [7, 11) is 0. The van der Waals surface area contributed by atoms with Crippen LogP contribution in [-0.4, -0.2) is 37.1 Å². The third-order valence-corrected chi connectivity index (χ3v) is 3.86. The Labute approximate surface area is 108 Å². The summed E-state index contributed by atoms with van der Waals surface area (Å²) >= 11 is 0. The zero-order valence-corrected chi connectivity index (χ0v) is 12.0. The van der Waals surface area contributed by atoms with E-state index in [9.17, 15) is 0 Å². The number of hydrogen-bond acceptors (Lipinski definition) is 2. The Balaban J connectivity index is 2.07. The Morgan fingerprint density at radius 3 is 2.35 bits per heavy atom. The lowest BCUT2D eigenvalue weighted by molar-refractivity contribution is 0.203. The molecule has 1 aliphatic rings. The molecule has 1 N–H and O–H groups in total. The molecule has 1 saturated heterocycles. The average molecular weight is 240 g/mol. The Morgan fingerprint density at radius 2 is 1.71 bits per heavy atom. The van der Waals surface area contributed by atoms with Gasteiger partial charge in [0.25, 0.3) is 0 Å². The van der Waals surface area contributed by atoms with Crippen LogP contribution in [0.5, 0.6) is 0 Å². The van der Waals surface area contributed by atoms with Gasteiger partial charge in [-0.25, -0.2) is 0 Å². The molecule has 0 radical (unpaired) electrons. The van der Waals surface area contributed by atoms with Crippen molar-refractivity contribution < 1.29 is 0 Å². The minimum atomic E-state index is 0.825. The molecule has 0 bridgehead atoms. The first kappa shape index (κ1) is 15.0. The predicted molar refractivity (Wildman–Crippen MR) is 76.5 cm³/mol. The van der Waals surface area contributed by atoms with Gasteiger partial charge in [-0.2, -0.15) is 0 Å². The molecular weight excluding hydrogens is 208 g/mol. The predicted octanol–water partition coefficient (Wildman–Crippen LogP) is 3.42. The molecule has 2 nitrogen and oxygen atoms in total. The quantitative estimate of drug-likeness (QED) is 0.589. The average Bonchev–Trinajstić information content (AvgIpc) is 2.86. The fourth-order valence-electron chi connectivity index (χ4n) is 2.81. The molecule has 0 spiro atoms. The number of nitrogens with zero attached hydrogens (tertiary/aromatic N) is 1. The van der Waals surface area contributed by atoms with Crippen molar-refractivity contribution in [2.45, 2.75) is 71.3 Å². The van der Waals surface area contributed by atoms with Crippen LogP contribution >= 0.6 is 0 Å². The first-order valence-corrected chi connectivity index (χ1v) is 7.83. The first-order valence-electron chi connectivity index (χ1n) is 7.83. The van der Waals surface area contributed by atoms with E-state index >= 15 is 0 Å². The summed E-state index contributed by atoms with van der Waals surface area (Å²) in [5.41, 5.74) is 0. The van der Waals surface area contributed by atoms with Gasteiger partial charge in [-0.1, -0.05) is 46.0 Å². The third kappa shape index (κ3) is 6.42.